The van der Waals surface area contributed by atoms with E-state index in [1.807, 2.05) is 25.1 Å². The minimum atomic E-state index is -0.488. The number of para-hydroxylation sites is 2. The second kappa shape index (κ2) is 8.88. The first-order valence-corrected chi connectivity index (χ1v) is 9.64. The highest BCUT2D eigenvalue weighted by Gasteiger charge is 2.11. The van der Waals surface area contributed by atoms with Crippen LogP contribution in [0.1, 0.15) is 18.4 Å². The number of aryl methyl sites for hydroxylation is 2. The number of carbonyl (C=O) groups excluding carboxylic acids is 2. The molecule has 8 heteroatoms. The Labute approximate surface area is 169 Å². The number of anilines is 1. The van der Waals surface area contributed by atoms with Crippen molar-refractivity contribution in [3.8, 4) is 0 Å². The number of fused-ring (bicyclic) bond motifs is 1. The molecule has 2 amide bonds. The van der Waals surface area contributed by atoms with Crippen LogP contribution in [0.25, 0.3) is 11.1 Å². The maximum absolute atomic E-state index is 12.1. The van der Waals surface area contributed by atoms with Crippen molar-refractivity contribution in [3.05, 3.63) is 63.1 Å². The third kappa shape index (κ3) is 4.89. The van der Waals surface area contributed by atoms with Gasteiger partial charge in [-0.25, -0.2) is 4.79 Å². The van der Waals surface area contributed by atoms with Gasteiger partial charge in [0.25, 0.3) is 0 Å². The lowest BCUT2D eigenvalue weighted by atomic mass is 10.2. The van der Waals surface area contributed by atoms with Crippen molar-refractivity contribution >= 4 is 44.5 Å². The molecule has 0 aliphatic carbocycles. The summed E-state index contributed by atoms with van der Waals surface area (Å²) < 4.78 is 7.44. The Hall–Kier alpha value is -2.87. The Morgan fingerprint density at radius 1 is 1.11 bits per heavy atom. The summed E-state index contributed by atoms with van der Waals surface area (Å²) in [6.45, 7) is 2.34. The molecule has 0 fully saturated rings. The molecule has 7 nitrogen and oxygen atoms in total. The average molecular weight is 446 g/mol. The van der Waals surface area contributed by atoms with Gasteiger partial charge in [-0.05, 0) is 36.8 Å². The zero-order valence-electron chi connectivity index (χ0n) is 15.3. The Morgan fingerprint density at radius 3 is 2.71 bits per heavy atom. The standard InChI is InChI=1S/C20H20BrN3O4/c1-13-6-7-14(21)12-15(13)23-19(26)8-10-22-18(25)9-11-24-16-4-2-3-5-17(16)28-20(24)27/h2-7,12H,8-11H2,1H3,(H,22,25)(H,23,26). The number of rotatable bonds is 7. The van der Waals surface area contributed by atoms with Crippen LogP contribution in [-0.2, 0) is 16.1 Å². The summed E-state index contributed by atoms with van der Waals surface area (Å²) in [6.07, 6.45) is 0.280. The molecule has 1 heterocycles. The van der Waals surface area contributed by atoms with Crippen LogP contribution in [0.3, 0.4) is 0 Å². The van der Waals surface area contributed by atoms with Gasteiger partial charge in [0.2, 0.25) is 11.8 Å². The van der Waals surface area contributed by atoms with E-state index in [1.54, 1.807) is 24.3 Å². The number of amides is 2. The molecule has 28 heavy (non-hydrogen) atoms. The van der Waals surface area contributed by atoms with Crippen molar-refractivity contribution in [2.24, 2.45) is 0 Å². The van der Waals surface area contributed by atoms with Crippen LogP contribution in [-0.4, -0.2) is 22.9 Å². The molecule has 0 aliphatic rings. The number of aromatic nitrogens is 1. The van der Waals surface area contributed by atoms with E-state index in [0.29, 0.717) is 11.1 Å². The Morgan fingerprint density at radius 2 is 1.89 bits per heavy atom. The highest BCUT2D eigenvalue weighted by molar-refractivity contribution is 9.10. The van der Waals surface area contributed by atoms with Crippen LogP contribution in [0, 0.1) is 6.92 Å². The van der Waals surface area contributed by atoms with Crippen molar-refractivity contribution in [2.75, 3.05) is 11.9 Å². The smallest absolute Gasteiger partial charge is 0.408 e. The first-order valence-electron chi connectivity index (χ1n) is 8.85. The summed E-state index contributed by atoms with van der Waals surface area (Å²) in [5.41, 5.74) is 2.84. The summed E-state index contributed by atoms with van der Waals surface area (Å²) in [5, 5.41) is 5.53. The molecule has 0 bridgehead atoms. The van der Waals surface area contributed by atoms with Crippen LogP contribution in [0.2, 0.25) is 0 Å². The summed E-state index contributed by atoms with van der Waals surface area (Å²) in [6, 6.07) is 12.7. The molecule has 2 aromatic carbocycles. The van der Waals surface area contributed by atoms with E-state index in [0.717, 1.165) is 15.7 Å². The van der Waals surface area contributed by atoms with Gasteiger partial charge in [0.15, 0.2) is 5.58 Å². The third-order valence-electron chi connectivity index (χ3n) is 4.28. The van der Waals surface area contributed by atoms with Crippen molar-refractivity contribution in [2.45, 2.75) is 26.3 Å². The molecule has 0 spiro atoms. The van der Waals surface area contributed by atoms with Gasteiger partial charge in [0.1, 0.15) is 0 Å². The molecule has 0 atom stereocenters. The molecule has 2 N–H and O–H groups in total. The molecule has 3 rings (SSSR count). The fraction of sp³-hybridized carbons (Fsp3) is 0.250. The third-order valence-corrected chi connectivity index (χ3v) is 4.78. The van der Waals surface area contributed by atoms with Crippen LogP contribution in [0.4, 0.5) is 5.69 Å². The summed E-state index contributed by atoms with van der Waals surface area (Å²) in [7, 11) is 0. The van der Waals surface area contributed by atoms with E-state index < -0.39 is 5.76 Å². The summed E-state index contributed by atoms with van der Waals surface area (Å²) in [4.78, 5) is 36.0. The maximum atomic E-state index is 12.1. The fourth-order valence-electron chi connectivity index (χ4n) is 2.78. The lowest BCUT2D eigenvalue weighted by Gasteiger charge is -2.09. The van der Waals surface area contributed by atoms with Crippen molar-refractivity contribution in [1.29, 1.82) is 0 Å². The van der Waals surface area contributed by atoms with E-state index in [1.165, 1.54) is 4.57 Å². The molecule has 0 saturated heterocycles. The summed E-state index contributed by atoms with van der Waals surface area (Å²) in [5.74, 6) is -0.903. The number of oxazole rings is 1. The van der Waals surface area contributed by atoms with Gasteiger partial charge in [-0.3, -0.25) is 14.2 Å². The van der Waals surface area contributed by atoms with Gasteiger partial charge in [0.05, 0.1) is 5.52 Å². The predicted molar refractivity (Wildman–Crippen MR) is 110 cm³/mol. The fourth-order valence-corrected chi connectivity index (χ4v) is 3.15. The zero-order chi connectivity index (χ0) is 20.1. The number of hydrogen-bond acceptors (Lipinski definition) is 4. The Balaban J connectivity index is 1.45. The highest BCUT2D eigenvalue weighted by Crippen LogP contribution is 2.20. The average Bonchev–Trinajstić information content (AvgIpc) is 2.98. The predicted octanol–water partition coefficient (Wildman–Crippen LogP) is 3.20. The van der Waals surface area contributed by atoms with E-state index >= 15 is 0 Å². The SMILES string of the molecule is Cc1ccc(Br)cc1NC(=O)CCNC(=O)CCn1c(=O)oc2ccccc21. The van der Waals surface area contributed by atoms with E-state index in [2.05, 4.69) is 26.6 Å². The number of nitrogens with one attached hydrogen (secondary N) is 2. The molecule has 0 radical (unpaired) electrons. The first kappa shape index (κ1) is 19.9. The normalized spacial score (nSPS) is 10.8. The minimum Gasteiger partial charge on any atom is -0.408 e. The van der Waals surface area contributed by atoms with Crippen LogP contribution in [0.15, 0.2) is 56.1 Å². The maximum Gasteiger partial charge on any atom is 0.419 e. The molecule has 146 valence electrons. The molecule has 0 aliphatic heterocycles. The Bertz CT molecular complexity index is 1070. The van der Waals surface area contributed by atoms with E-state index in [9.17, 15) is 14.4 Å². The second-order valence-corrected chi connectivity index (χ2v) is 7.26. The molecular weight excluding hydrogens is 426 g/mol. The molecule has 0 unspecified atom stereocenters. The topological polar surface area (TPSA) is 93.3 Å². The van der Waals surface area contributed by atoms with Gasteiger partial charge in [-0.2, -0.15) is 0 Å². The van der Waals surface area contributed by atoms with Gasteiger partial charge >= 0.3 is 5.76 Å². The number of benzene rings is 2. The number of hydrogen-bond donors (Lipinski definition) is 2. The largest absolute Gasteiger partial charge is 0.419 e. The van der Waals surface area contributed by atoms with E-state index in [-0.39, 0.29) is 37.7 Å². The van der Waals surface area contributed by atoms with E-state index in [4.69, 9.17) is 4.42 Å². The van der Waals surface area contributed by atoms with Crippen molar-refractivity contribution in [1.82, 2.24) is 9.88 Å². The Kier molecular flexibility index (Phi) is 6.30. The van der Waals surface area contributed by atoms with Crippen molar-refractivity contribution in [3.63, 3.8) is 0 Å². The highest BCUT2D eigenvalue weighted by atomic mass is 79.9. The van der Waals surface area contributed by atoms with Gasteiger partial charge in [-0.1, -0.05) is 34.1 Å². The van der Waals surface area contributed by atoms with Crippen LogP contribution in [0.5, 0.6) is 0 Å². The number of carbonyl (C=O) groups is 2. The quantitative estimate of drug-likeness (QED) is 0.583. The molecule has 1 aromatic heterocycles. The van der Waals surface area contributed by atoms with Gasteiger partial charge in [-0.15, -0.1) is 0 Å². The van der Waals surface area contributed by atoms with Crippen molar-refractivity contribution < 1.29 is 14.0 Å². The number of halogens is 1. The second-order valence-electron chi connectivity index (χ2n) is 6.34. The monoisotopic (exact) mass is 445 g/mol. The van der Waals surface area contributed by atoms with Crippen LogP contribution >= 0.6 is 15.9 Å². The lowest BCUT2D eigenvalue weighted by Crippen LogP contribution is -2.29. The zero-order valence-corrected chi connectivity index (χ0v) is 16.9. The molecular formula is C20H20BrN3O4. The minimum absolute atomic E-state index is 0.121. The van der Waals surface area contributed by atoms with Gasteiger partial charge in [0, 0.05) is 36.1 Å². The first-order chi connectivity index (χ1) is 13.4. The van der Waals surface area contributed by atoms with Crippen LogP contribution < -0.4 is 16.4 Å². The van der Waals surface area contributed by atoms with Gasteiger partial charge < -0.3 is 15.1 Å². The molecule has 3 aromatic rings. The summed E-state index contributed by atoms with van der Waals surface area (Å²) >= 11 is 3.37. The number of nitrogens with zero attached hydrogens (tertiary/aromatic N) is 1. The molecule has 0 saturated carbocycles. The lowest BCUT2D eigenvalue weighted by molar-refractivity contribution is -0.121.